The van der Waals surface area contributed by atoms with Crippen molar-refractivity contribution in [3.8, 4) is 0 Å². The number of carbonyl (C=O) groups is 2. The molecule has 1 aromatic rings. The van der Waals surface area contributed by atoms with Crippen molar-refractivity contribution in [1.29, 1.82) is 0 Å². The van der Waals surface area contributed by atoms with Crippen molar-refractivity contribution in [1.82, 2.24) is 15.1 Å². The standard InChI is InChI=1S/C22H35N3O4S/c1-5-25-19-16(12-22(14-23-20(19)27)7-9-28-10-8-22)17(24-25)13-21(2,3)15-29-18(26)6-11-30-4/h5-15H2,1-4H3,(H,23,27). The predicted molar refractivity (Wildman–Crippen MR) is 118 cm³/mol. The molecule has 1 N–H and O–H groups in total. The van der Waals surface area contributed by atoms with Crippen molar-refractivity contribution in [2.75, 3.05) is 38.4 Å². The summed E-state index contributed by atoms with van der Waals surface area (Å²) in [4.78, 5) is 24.9. The van der Waals surface area contributed by atoms with Crippen LogP contribution in [0, 0.1) is 10.8 Å². The van der Waals surface area contributed by atoms with Gasteiger partial charge in [-0.15, -0.1) is 0 Å². The molecule has 0 unspecified atom stereocenters. The number of carbonyl (C=O) groups excluding carboxylic acids is 2. The van der Waals surface area contributed by atoms with Crippen LogP contribution in [-0.2, 0) is 33.7 Å². The monoisotopic (exact) mass is 437 g/mol. The minimum absolute atomic E-state index is 0.0317. The van der Waals surface area contributed by atoms with Gasteiger partial charge in [0.05, 0.1) is 18.7 Å². The van der Waals surface area contributed by atoms with E-state index in [0.29, 0.717) is 38.2 Å². The van der Waals surface area contributed by atoms with Crippen LogP contribution in [0.3, 0.4) is 0 Å². The summed E-state index contributed by atoms with van der Waals surface area (Å²) in [5.41, 5.74) is 2.49. The Morgan fingerprint density at radius 3 is 2.77 bits per heavy atom. The molecule has 3 rings (SSSR count). The largest absolute Gasteiger partial charge is 0.465 e. The average molecular weight is 438 g/mol. The highest BCUT2D eigenvalue weighted by Crippen LogP contribution is 2.38. The molecule has 1 spiro atoms. The van der Waals surface area contributed by atoms with Crippen LogP contribution < -0.4 is 5.32 Å². The van der Waals surface area contributed by atoms with Gasteiger partial charge in [-0.3, -0.25) is 14.3 Å². The van der Waals surface area contributed by atoms with E-state index in [1.807, 2.05) is 17.9 Å². The summed E-state index contributed by atoms with van der Waals surface area (Å²) < 4.78 is 13.0. The quantitative estimate of drug-likeness (QED) is 0.630. The molecule has 30 heavy (non-hydrogen) atoms. The van der Waals surface area contributed by atoms with Crippen molar-refractivity contribution in [3.63, 3.8) is 0 Å². The van der Waals surface area contributed by atoms with Crippen LogP contribution in [0.25, 0.3) is 0 Å². The summed E-state index contributed by atoms with van der Waals surface area (Å²) in [5, 5.41) is 7.97. The highest BCUT2D eigenvalue weighted by atomic mass is 32.2. The molecule has 0 bridgehead atoms. The number of hydrogen-bond acceptors (Lipinski definition) is 6. The van der Waals surface area contributed by atoms with E-state index < -0.39 is 0 Å². The molecule has 168 valence electrons. The van der Waals surface area contributed by atoms with Gasteiger partial charge in [0, 0.05) is 49.5 Å². The van der Waals surface area contributed by atoms with Gasteiger partial charge in [0.25, 0.3) is 5.91 Å². The number of nitrogens with zero attached hydrogens (tertiary/aromatic N) is 2. The highest BCUT2D eigenvalue weighted by molar-refractivity contribution is 7.98. The smallest absolute Gasteiger partial charge is 0.306 e. The topological polar surface area (TPSA) is 82.5 Å². The van der Waals surface area contributed by atoms with Crippen molar-refractivity contribution < 1.29 is 19.1 Å². The Hall–Kier alpha value is -1.54. The second kappa shape index (κ2) is 9.73. The van der Waals surface area contributed by atoms with Crippen LogP contribution in [0.5, 0.6) is 0 Å². The Labute approximate surface area is 183 Å². The molecule has 1 aromatic heterocycles. The molecule has 0 atom stereocenters. The first kappa shape index (κ1) is 23.1. The Balaban J connectivity index is 1.82. The number of thioether (sulfide) groups is 1. The third kappa shape index (κ3) is 5.38. The lowest BCUT2D eigenvalue weighted by Gasteiger charge is -2.36. The van der Waals surface area contributed by atoms with E-state index in [1.54, 1.807) is 11.8 Å². The SMILES string of the molecule is CCn1nc(CC(C)(C)COC(=O)CCSC)c2c1C(=O)NCC1(CCOCC1)C2. The van der Waals surface area contributed by atoms with Crippen molar-refractivity contribution in [2.24, 2.45) is 10.8 Å². The molecule has 2 aliphatic rings. The van der Waals surface area contributed by atoms with Crippen LogP contribution in [0.15, 0.2) is 0 Å². The molecule has 2 aliphatic heterocycles. The number of amides is 1. The third-order valence-electron chi connectivity index (χ3n) is 6.16. The first-order valence-electron chi connectivity index (χ1n) is 10.9. The van der Waals surface area contributed by atoms with E-state index in [9.17, 15) is 9.59 Å². The number of esters is 1. The van der Waals surface area contributed by atoms with Crippen LogP contribution in [0.1, 0.15) is 61.8 Å². The molecule has 1 saturated heterocycles. The maximum atomic E-state index is 12.9. The number of nitrogens with one attached hydrogen (secondary N) is 1. The summed E-state index contributed by atoms with van der Waals surface area (Å²) >= 11 is 1.64. The lowest BCUT2D eigenvalue weighted by molar-refractivity contribution is -0.146. The Bertz CT molecular complexity index is 769. The van der Waals surface area contributed by atoms with Gasteiger partial charge in [0.15, 0.2) is 0 Å². The number of aryl methyl sites for hydroxylation is 1. The van der Waals surface area contributed by atoms with Gasteiger partial charge in [-0.25, -0.2) is 0 Å². The molecular weight excluding hydrogens is 402 g/mol. The average Bonchev–Trinajstić information content (AvgIpc) is 2.98. The second-order valence-corrected chi connectivity index (χ2v) is 10.3. The van der Waals surface area contributed by atoms with Gasteiger partial charge >= 0.3 is 5.97 Å². The lowest BCUT2D eigenvalue weighted by Crippen LogP contribution is -2.40. The van der Waals surface area contributed by atoms with E-state index in [2.05, 4.69) is 19.2 Å². The van der Waals surface area contributed by atoms with E-state index in [1.165, 1.54) is 0 Å². The maximum Gasteiger partial charge on any atom is 0.306 e. The molecule has 1 fully saturated rings. The number of rotatable bonds is 8. The fraction of sp³-hybridized carbons (Fsp3) is 0.773. The van der Waals surface area contributed by atoms with Crippen molar-refractivity contribution in [3.05, 3.63) is 17.0 Å². The normalized spacial score (nSPS) is 18.6. The summed E-state index contributed by atoms with van der Waals surface area (Å²) in [6, 6.07) is 0. The van der Waals surface area contributed by atoms with Gasteiger partial charge < -0.3 is 14.8 Å². The first-order chi connectivity index (χ1) is 14.3. The van der Waals surface area contributed by atoms with E-state index >= 15 is 0 Å². The van der Waals surface area contributed by atoms with Crippen molar-refractivity contribution >= 4 is 23.6 Å². The molecule has 0 aromatic carbocycles. The Morgan fingerprint density at radius 2 is 2.10 bits per heavy atom. The summed E-state index contributed by atoms with van der Waals surface area (Å²) in [5.74, 6) is 0.584. The molecular formula is C22H35N3O4S. The molecule has 0 aliphatic carbocycles. The summed E-state index contributed by atoms with van der Waals surface area (Å²) in [7, 11) is 0. The number of hydrogen-bond donors (Lipinski definition) is 1. The zero-order valence-corrected chi connectivity index (χ0v) is 19.5. The number of ether oxygens (including phenoxy) is 2. The van der Waals surface area contributed by atoms with E-state index in [-0.39, 0.29) is 22.7 Å². The van der Waals surface area contributed by atoms with Crippen LogP contribution in [0.4, 0.5) is 0 Å². The molecule has 0 radical (unpaired) electrons. The Morgan fingerprint density at radius 1 is 1.37 bits per heavy atom. The minimum atomic E-state index is -0.263. The van der Waals surface area contributed by atoms with E-state index in [4.69, 9.17) is 14.6 Å². The zero-order valence-electron chi connectivity index (χ0n) is 18.7. The summed E-state index contributed by atoms with van der Waals surface area (Å²) in [6.07, 6.45) is 5.80. The first-order valence-corrected chi connectivity index (χ1v) is 12.3. The van der Waals surface area contributed by atoms with Gasteiger partial charge in [-0.1, -0.05) is 13.8 Å². The Kier molecular flexibility index (Phi) is 7.50. The van der Waals surface area contributed by atoms with Gasteiger partial charge in [0.2, 0.25) is 0 Å². The maximum absolute atomic E-state index is 12.9. The molecule has 8 heteroatoms. The van der Waals surface area contributed by atoms with E-state index in [0.717, 1.165) is 49.5 Å². The van der Waals surface area contributed by atoms with Crippen LogP contribution >= 0.6 is 11.8 Å². The predicted octanol–water partition coefficient (Wildman–Crippen LogP) is 2.85. The third-order valence-corrected chi connectivity index (χ3v) is 6.77. The van der Waals surface area contributed by atoms with Gasteiger partial charge in [-0.2, -0.15) is 16.9 Å². The second-order valence-electron chi connectivity index (χ2n) is 9.31. The lowest BCUT2D eigenvalue weighted by atomic mass is 9.74. The molecule has 3 heterocycles. The highest BCUT2D eigenvalue weighted by Gasteiger charge is 2.40. The molecule has 1 amide bonds. The number of aromatic nitrogens is 2. The fourth-order valence-corrected chi connectivity index (χ4v) is 4.71. The molecule has 0 saturated carbocycles. The zero-order chi connectivity index (χ0) is 21.8. The van der Waals surface area contributed by atoms with Gasteiger partial charge in [0.1, 0.15) is 5.69 Å². The van der Waals surface area contributed by atoms with Crippen LogP contribution in [-0.4, -0.2) is 60.0 Å². The number of fused-ring (bicyclic) bond motifs is 1. The fourth-order valence-electron chi connectivity index (χ4n) is 4.34. The van der Waals surface area contributed by atoms with Gasteiger partial charge in [-0.05, 0) is 37.9 Å². The molecule has 7 nitrogen and oxygen atoms in total. The summed E-state index contributed by atoms with van der Waals surface area (Å²) in [6.45, 7) is 9.34. The van der Waals surface area contributed by atoms with Crippen LogP contribution in [0.2, 0.25) is 0 Å². The van der Waals surface area contributed by atoms with Crippen molar-refractivity contribution in [2.45, 2.75) is 59.4 Å². The minimum Gasteiger partial charge on any atom is -0.465 e.